The van der Waals surface area contributed by atoms with Gasteiger partial charge in [0.15, 0.2) is 0 Å². The highest BCUT2D eigenvalue weighted by atomic mass is 35.5. The molecule has 2 N–H and O–H groups in total. The van der Waals surface area contributed by atoms with Crippen molar-refractivity contribution in [2.24, 2.45) is 28.5 Å². The lowest BCUT2D eigenvalue weighted by atomic mass is 9.95. The number of nitrogens with two attached hydrogens (primary N) is 1. The van der Waals surface area contributed by atoms with Gasteiger partial charge in [-0.2, -0.15) is 0 Å². The number of amidine groups is 1. The van der Waals surface area contributed by atoms with Crippen LogP contribution >= 0.6 is 12.4 Å². The van der Waals surface area contributed by atoms with E-state index in [0.717, 1.165) is 30.0 Å². The quantitative estimate of drug-likeness (QED) is 0.619. The maximum absolute atomic E-state index is 5.74. The smallest absolute Gasteiger partial charge is 0.0946 e. The Kier molecular flexibility index (Phi) is 2.15. The second-order valence-corrected chi connectivity index (χ2v) is 4.32. The van der Waals surface area contributed by atoms with Crippen molar-refractivity contribution < 1.29 is 0 Å². The SMILES string of the molecule is CC1CC(N)=N[C@]2(C)C(C)[C@@H]12.Cl. The van der Waals surface area contributed by atoms with Gasteiger partial charge in [0.1, 0.15) is 0 Å². The molecule has 2 nitrogen and oxygen atoms in total. The van der Waals surface area contributed by atoms with Crippen molar-refractivity contribution in [3.05, 3.63) is 0 Å². The van der Waals surface area contributed by atoms with Crippen LogP contribution in [0.4, 0.5) is 0 Å². The van der Waals surface area contributed by atoms with E-state index in [1.54, 1.807) is 0 Å². The lowest BCUT2D eigenvalue weighted by Gasteiger charge is -2.19. The molecule has 1 saturated carbocycles. The van der Waals surface area contributed by atoms with Crippen LogP contribution in [0.3, 0.4) is 0 Å². The summed E-state index contributed by atoms with van der Waals surface area (Å²) in [6, 6.07) is 0. The summed E-state index contributed by atoms with van der Waals surface area (Å²) in [7, 11) is 0. The van der Waals surface area contributed by atoms with Crippen molar-refractivity contribution in [1.82, 2.24) is 0 Å². The van der Waals surface area contributed by atoms with E-state index < -0.39 is 0 Å². The van der Waals surface area contributed by atoms with Crippen molar-refractivity contribution in [1.29, 1.82) is 0 Å². The lowest BCUT2D eigenvalue weighted by molar-refractivity contribution is 0.447. The molecule has 1 aliphatic heterocycles. The van der Waals surface area contributed by atoms with E-state index in [1.807, 2.05) is 0 Å². The molecule has 1 fully saturated rings. The fourth-order valence-electron chi connectivity index (χ4n) is 2.81. The topological polar surface area (TPSA) is 38.4 Å². The third kappa shape index (κ3) is 1.05. The number of aliphatic imine (C=N–C) groups is 1. The Hall–Kier alpha value is -0.240. The monoisotopic (exact) mass is 188 g/mol. The highest BCUT2D eigenvalue weighted by Crippen LogP contribution is 2.59. The number of nitrogens with zero attached hydrogens (tertiary/aromatic N) is 1. The van der Waals surface area contributed by atoms with Gasteiger partial charge < -0.3 is 5.73 Å². The molecule has 1 heterocycles. The Balaban J connectivity index is 0.000000720. The molecule has 0 bridgehead atoms. The largest absolute Gasteiger partial charge is 0.387 e. The molecule has 3 heteroatoms. The summed E-state index contributed by atoms with van der Waals surface area (Å²) in [5.74, 6) is 3.15. The molecule has 12 heavy (non-hydrogen) atoms. The van der Waals surface area contributed by atoms with Gasteiger partial charge in [-0.1, -0.05) is 13.8 Å². The first-order valence-electron chi connectivity index (χ1n) is 4.40. The van der Waals surface area contributed by atoms with Crippen LogP contribution in [0.25, 0.3) is 0 Å². The second-order valence-electron chi connectivity index (χ2n) is 4.32. The molecule has 0 aromatic heterocycles. The third-order valence-corrected chi connectivity index (χ3v) is 3.55. The van der Waals surface area contributed by atoms with Crippen molar-refractivity contribution in [3.8, 4) is 0 Å². The van der Waals surface area contributed by atoms with Gasteiger partial charge in [0.05, 0.1) is 11.4 Å². The zero-order valence-electron chi connectivity index (χ0n) is 7.87. The highest BCUT2D eigenvalue weighted by Gasteiger charge is 2.62. The summed E-state index contributed by atoms with van der Waals surface area (Å²) in [6.07, 6.45) is 1.00. The number of hydrogen-bond donors (Lipinski definition) is 1. The number of rotatable bonds is 0. The predicted molar refractivity (Wildman–Crippen MR) is 53.7 cm³/mol. The van der Waals surface area contributed by atoms with E-state index in [0.29, 0.717) is 0 Å². The van der Waals surface area contributed by atoms with Crippen LogP contribution in [0.5, 0.6) is 0 Å². The molecule has 70 valence electrons. The van der Waals surface area contributed by atoms with Crippen LogP contribution in [0.1, 0.15) is 27.2 Å². The Bertz CT molecular complexity index is 227. The average molecular weight is 189 g/mol. The molecule has 0 amide bonds. The first-order chi connectivity index (χ1) is 5.05. The van der Waals surface area contributed by atoms with Gasteiger partial charge >= 0.3 is 0 Å². The Morgan fingerprint density at radius 2 is 2.08 bits per heavy atom. The number of hydrogen-bond acceptors (Lipinski definition) is 2. The molecular formula is C9H17ClN2. The maximum atomic E-state index is 5.74. The molecule has 2 unspecified atom stereocenters. The van der Waals surface area contributed by atoms with Crippen molar-refractivity contribution in [2.45, 2.75) is 32.7 Å². The Morgan fingerprint density at radius 3 is 2.58 bits per heavy atom. The van der Waals surface area contributed by atoms with Crippen LogP contribution in [-0.2, 0) is 0 Å². The van der Waals surface area contributed by atoms with Crippen molar-refractivity contribution in [2.75, 3.05) is 0 Å². The fourth-order valence-corrected chi connectivity index (χ4v) is 2.81. The molecule has 0 radical (unpaired) electrons. The lowest BCUT2D eigenvalue weighted by Crippen LogP contribution is -2.26. The highest BCUT2D eigenvalue weighted by molar-refractivity contribution is 5.85. The van der Waals surface area contributed by atoms with Gasteiger partial charge in [-0.3, -0.25) is 4.99 Å². The van der Waals surface area contributed by atoms with Gasteiger partial charge in [-0.15, -0.1) is 12.4 Å². The summed E-state index contributed by atoms with van der Waals surface area (Å²) in [6.45, 7) is 6.79. The number of fused-ring (bicyclic) bond motifs is 1. The van der Waals surface area contributed by atoms with Crippen LogP contribution < -0.4 is 5.73 Å². The van der Waals surface area contributed by atoms with Gasteiger partial charge in [-0.25, -0.2) is 0 Å². The van der Waals surface area contributed by atoms with E-state index in [4.69, 9.17) is 5.73 Å². The zero-order valence-corrected chi connectivity index (χ0v) is 8.69. The summed E-state index contributed by atoms with van der Waals surface area (Å²) in [5, 5.41) is 0. The van der Waals surface area contributed by atoms with E-state index in [2.05, 4.69) is 25.8 Å². The van der Waals surface area contributed by atoms with Crippen LogP contribution in [0.2, 0.25) is 0 Å². The Morgan fingerprint density at radius 1 is 1.50 bits per heavy atom. The van der Waals surface area contributed by atoms with Gasteiger partial charge in [0.25, 0.3) is 0 Å². The average Bonchev–Trinajstić information content (AvgIpc) is 2.33. The predicted octanol–water partition coefficient (Wildman–Crippen LogP) is 1.83. The van der Waals surface area contributed by atoms with E-state index >= 15 is 0 Å². The molecule has 0 saturated heterocycles. The first-order valence-corrected chi connectivity index (χ1v) is 4.40. The third-order valence-electron chi connectivity index (χ3n) is 3.55. The zero-order chi connectivity index (χ0) is 8.22. The summed E-state index contributed by atoms with van der Waals surface area (Å²) in [4.78, 5) is 4.51. The summed E-state index contributed by atoms with van der Waals surface area (Å²) in [5.41, 5.74) is 5.95. The molecule has 4 atom stereocenters. The minimum Gasteiger partial charge on any atom is -0.387 e. The minimum absolute atomic E-state index is 0. The maximum Gasteiger partial charge on any atom is 0.0946 e. The van der Waals surface area contributed by atoms with Crippen molar-refractivity contribution >= 4 is 18.2 Å². The fraction of sp³-hybridized carbons (Fsp3) is 0.889. The molecule has 2 aliphatic rings. The minimum atomic E-state index is 0. The molecule has 1 aliphatic carbocycles. The standard InChI is InChI=1S/C9H16N2.ClH/c1-5-4-7(10)11-9(3)6(2)8(5)9;/h5-6,8H,4H2,1-3H3,(H2,10,11);1H/t5?,6?,8-,9-;/m1./s1. The molecule has 0 aromatic rings. The van der Waals surface area contributed by atoms with Crippen LogP contribution in [0.15, 0.2) is 4.99 Å². The number of halogens is 1. The Labute approximate surface area is 80.0 Å². The molecule has 0 aromatic carbocycles. The van der Waals surface area contributed by atoms with E-state index in [-0.39, 0.29) is 17.9 Å². The first kappa shape index (κ1) is 9.85. The van der Waals surface area contributed by atoms with Crippen LogP contribution in [0, 0.1) is 17.8 Å². The van der Waals surface area contributed by atoms with E-state index in [1.165, 1.54) is 0 Å². The summed E-state index contributed by atoms with van der Waals surface area (Å²) >= 11 is 0. The molecular weight excluding hydrogens is 172 g/mol. The second kappa shape index (κ2) is 2.63. The van der Waals surface area contributed by atoms with Crippen LogP contribution in [-0.4, -0.2) is 11.4 Å². The van der Waals surface area contributed by atoms with Crippen molar-refractivity contribution in [3.63, 3.8) is 0 Å². The normalized spacial score (nSPS) is 50.2. The van der Waals surface area contributed by atoms with E-state index in [9.17, 15) is 0 Å². The van der Waals surface area contributed by atoms with Gasteiger partial charge in [0.2, 0.25) is 0 Å². The van der Waals surface area contributed by atoms with Gasteiger partial charge in [0, 0.05) is 6.42 Å². The summed E-state index contributed by atoms with van der Waals surface area (Å²) < 4.78 is 0. The van der Waals surface area contributed by atoms with Gasteiger partial charge in [-0.05, 0) is 24.7 Å². The molecule has 0 spiro atoms. The molecule has 2 rings (SSSR count).